The van der Waals surface area contributed by atoms with E-state index in [4.69, 9.17) is 5.26 Å². The first-order chi connectivity index (χ1) is 8.92. The molecule has 0 radical (unpaired) electrons. The summed E-state index contributed by atoms with van der Waals surface area (Å²) in [6.07, 6.45) is 0. The van der Waals surface area contributed by atoms with Gasteiger partial charge in [-0.3, -0.25) is 14.9 Å². The Balaban J connectivity index is 3.39. The maximum atomic E-state index is 13.3. The number of carbonyl (C=O) groups excluding carboxylic acids is 1. The number of rotatable bonds is 4. The molecular formula is C11H8BrFN2O4. The number of halogens is 2. The molecule has 0 N–H and O–H groups in total. The fourth-order valence-corrected chi connectivity index (χ4v) is 1.78. The topological polar surface area (TPSA) is 93.2 Å². The van der Waals surface area contributed by atoms with Gasteiger partial charge < -0.3 is 4.74 Å². The van der Waals surface area contributed by atoms with Crippen molar-refractivity contribution in [1.29, 1.82) is 5.26 Å². The summed E-state index contributed by atoms with van der Waals surface area (Å²) in [7, 11) is 0. The molecule has 0 aliphatic heterocycles. The van der Waals surface area contributed by atoms with Crippen LogP contribution in [-0.4, -0.2) is 17.5 Å². The number of hydrogen-bond donors (Lipinski definition) is 0. The Bertz CT molecular complexity index is 571. The van der Waals surface area contributed by atoms with Crippen molar-refractivity contribution in [3.8, 4) is 6.07 Å². The molecule has 1 atom stereocenters. The van der Waals surface area contributed by atoms with Crippen LogP contribution in [-0.2, 0) is 9.53 Å². The Morgan fingerprint density at radius 3 is 2.79 bits per heavy atom. The molecule has 0 aromatic heterocycles. The number of nitrogens with zero attached hydrogens (tertiary/aromatic N) is 2. The summed E-state index contributed by atoms with van der Waals surface area (Å²) in [6, 6.07) is 3.32. The fourth-order valence-electron chi connectivity index (χ4n) is 1.42. The third kappa shape index (κ3) is 3.26. The molecule has 0 bridgehead atoms. The quantitative estimate of drug-likeness (QED) is 0.480. The van der Waals surface area contributed by atoms with Crippen LogP contribution >= 0.6 is 15.9 Å². The summed E-state index contributed by atoms with van der Waals surface area (Å²) in [4.78, 5) is 21.6. The molecule has 1 aromatic rings. The molecule has 1 aromatic carbocycles. The monoisotopic (exact) mass is 330 g/mol. The smallest absolute Gasteiger partial charge is 0.328 e. The minimum absolute atomic E-state index is 0.0349. The highest BCUT2D eigenvalue weighted by Crippen LogP contribution is 2.32. The first-order valence-electron chi connectivity index (χ1n) is 5.12. The average Bonchev–Trinajstić information content (AvgIpc) is 2.34. The van der Waals surface area contributed by atoms with Gasteiger partial charge in [0, 0.05) is 0 Å². The van der Waals surface area contributed by atoms with Gasteiger partial charge in [-0.2, -0.15) is 5.26 Å². The molecule has 0 fully saturated rings. The van der Waals surface area contributed by atoms with E-state index in [1.54, 1.807) is 13.0 Å². The van der Waals surface area contributed by atoms with E-state index >= 15 is 0 Å². The summed E-state index contributed by atoms with van der Waals surface area (Å²) in [5.74, 6) is -3.24. The lowest BCUT2D eigenvalue weighted by Gasteiger charge is -2.10. The van der Waals surface area contributed by atoms with Gasteiger partial charge in [-0.05, 0) is 28.9 Å². The maximum Gasteiger partial charge on any atom is 0.328 e. The third-order valence-electron chi connectivity index (χ3n) is 2.23. The van der Waals surface area contributed by atoms with Crippen molar-refractivity contribution in [2.45, 2.75) is 12.8 Å². The largest absolute Gasteiger partial charge is 0.465 e. The van der Waals surface area contributed by atoms with Crippen molar-refractivity contribution >= 4 is 27.6 Å². The second-order valence-electron chi connectivity index (χ2n) is 3.40. The molecule has 0 heterocycles. The number of hydrogen-bond acceptors (Lipinski definition) is 5. The Hall–Kier alpha value is -2.01. The van der Waals surface area contributed by atoms with Gasteiger partial charge in [-0.1, -0.05) is 0 Å². The highest BCUT2D eigenvalue weighted by atomic mass is 79.9. The number of carbonyl (C=O) groups is 1. The van der Waals surface area contributed by atoms with Gasteiger partial charge in [0.1, 0.15) is 5.82 Å². The van der Waals surface area contributed by atoms with Gasteiger partial charge >= 0.3 is 5.97 Å². The van der Waals surface area contributed by atoms with Crippen LogP contribution in [0.4, 0.5) is 10.1 Å². The van der Waals surface area contributed by atoms with Gasteiger partial charge in [0.25, 0.3) is 5.69 Å². The fraction of sp³-hybridized carbons (Fsp3) is 0.273. The van der Waals surface area contributed by atoms with Crippen LogP contribution in [0.15, 0.2) is 16.6 Å². The Morgan fingerprint density at radius 2 is 2.32 bits per heavy atom. The van der Waals surface area contributed by atoms with Gasteiger partial charge in [0.2, 0.25) is 0 Å². The number of benzene rings is 1. The SMILES string of the molecule is CCOC(=O)C(C#N)c1cc(Br)c(F)cc1[N+](=O)[O-]. The molecule has 0 saturated carbocycles. The van der Waals surface area contributed by atoms with Crippen LogP contribution in [0.1, 0.15) is 18.4 Å². The molecule has 0 aliphatic rings. The van der Waals surface area contributed by atoms with E-state index in [0.717, 1.165) is 6.07 Å². The van der Waals surface area contributed by atoms with Gasteiger partial charge in [-0.15, -0.1) is 0 Å². The zero-order valence-electron chi connectivity index (χ0n) is 9.72. The van der Waals surface area contributed by atoms with Crippen LogP contribution in [0.3, 0.4) is 0 Å². The number of nitro benzene ring substituents is 1. The van der Waals surface area contributed by atoms with Crippen molar-refractivity contribution in [3.05, 3.63) is 38.1 Å². The van der Waals surface area contributed by atoms with Crippen molar-refractivity contribution in [3.63, 3.8) is 0 Å². The van der Waals surface area contributed by atoms with Crippen molar-refractivity contribution in [2.24, 2.45) is 0 Å². The lowest BCUT2D eigenvalue weighted by atomic mass is 9.99. The average molecular weight is 331 g/mol. The van der Waals surface area contributed by atoms with E-state index in [2.05, 4.69) is 20.7 Å². The molecule has 1 unspecified atom stereocenters. The molecule has 6 nitrogen and oxygen atoms in total. The van der Waals surface area contributed by atoms with Gasteiger partial charge in [-0.25, -0.2) is 4.39 Å². The van der Waals surface area contributed by atoms with E-state index in [0.29, 0.717) is 6.07 Å². The highest BCUT2D eigenvalue weighted by molar-refractivity contribution is 9.10. The predicted molar refractivity (Wildman–Crippen MR) is 65.7 cm³/mol. The van der Waals surface area contributed by atoms with Crippen LogP contribution in [0.25, 0.3) is 0 Å². The van der Waals surface area contributed by atoms with Gasteiger partial charge in [0.15, 0.2) is 5.92 Å². The lowest BCUT2D eigenvalue weighted by molar-refractivity contribution is -0.385. The van der Waals surface area contributed by atoms with E-state index in [-0.39, 0.29) is 16.6 Å². The highest BCUT2D eigenvalue weighted by Gasteiger charge is 2.30. The molecule has 0 spiro atoms. The van der Waals surface area contributed by atoms with Crippen LogP contribution in [0.2, 0.25) is 0 Å². The maximum absolute atomic E-state index is 13.3. The lowest BCUT2D eigenvalue weighted by Crippen LogP contribution is -2.16. The van der Waals surface area contributed by atoms with E-state index < -0.39 is 28.3 Å². The van der Waals surface area contributed by atoms with Gasteiger partial charge in [0.05, 0.1) is 33.7 Å². The van der Waals surface area contributed by atoms with Crippen molar-refractivity contribution < 1.29 is 18.8 Å². The second kappa shape index (κ2) is 6.24. The van der Waals surface area contributed by atoms with E-state index in [1.165, 1.54) is 0 Å². The Morgan fingerprint density at radius 1 is 1.68 bits per heavy atom. The molecule has 19 heavy (non-hydrogen) atoms. The zero-order chi connectivity index (χ0) is 14.6. The van der Waals surface area contributed by atoms with E-state index in [9.17, 15) is 19.3 Å². The first-order valence-corrected chi connectivity index (χ1v) is 5.91. The van der Waals surface area contributed by atoms with Crippen LogP contribution in [0.5, 0.6) is 0 Å². The first kappa shape index (κ1) is 15.0. The summed E-state index contributed by atoms with van der Waals surface area (Å²) in [6.45, 7) is 1.58. The Labute approximate surface area is 116 Å². The van der Waals surface area contributed by atoms with Crippen LogP contribution in [0, 0.1) is 27.3 Å². The number of esters is 1. The summed E-state index contributed by atoms with van der Waals surface area (Å²) >= 11 is 2.86. The Kier molecular flexibility index (Phi) is 4.94. The summed E-state index contributed by atoms with van der Waals surface area (Å²) in [5, 5.41) is 19.8. The molecule has 100 valence electrons. The van der Waals surface area contributed by atoms with E-state index in [1.807, 2.05) is 0 Å². The standard InChI is InChI=1S/C11H8BrFN2O4/c1-2-19-11(16)7(5-14)6-3-8(12)9(13)4-10(6)15(17)18/h3-4,7H,2H2,1H3. The second-order valence-corrected chi connectivity index (χ2v) is 4.25. The third-order valence-corrected chi connectivity index (χ3v) is 2.84. The number of nitro groups is 1. The minimum atomic E-state index is -1.47. The molecular weight excluding hydrogens is 323 g/mol. The number of nitriles is 1. The normalized spacial score (nSPS) is 11.5. The summed E-state index contributed by atoms with van der Waals surface area (Å²) < 4.78 is 17.9. The molecule has 0 aliphatic carbocycles. The molecule has 0 saturated heterocycles. The molecule has 0 amide bonds. The molecule has 8 heteroatoms. The van der Waals surface area contributed by atoms with Crippen molar-refractivity contribution in [2.75, 3.05) is 6.61 Å². The number of ether oxygens (including phenoxy) is 1. The minimum Gasteiger partial charge on any atom is -0.465 e. The van der Waals surface area contributed by atoms with Crippen LogP contribution < -0.4 is 0 Å². The van der Waals surface area contributed by atoms with Crippen molar-refractivity contribution in [1.82, 2.24) is 0 Å². The summed E-state index contributed by atoms with van der Waals surface area (Å²) in [5.41, 5.74) is -0.848. The zero-order valence-corrected chi connectivity index (χ0v) is 11.3. The predicted octanol–water partition coefficient (Wildman–Crippen LogP) is 2.67. The molecule has 1 rings (SSSR count).